The van der Waals surface area contributed by atoms with Crippen molar-refractivity contribution in [1.82, 2.24) is 4.57 Å². The zero-order chi connectivity index (χ0) is 16.9. The van der Waals surface area contributed by atoms with Gasteiger partial charge < -0.3 is 14.4 Å². The van der Waals surface area contributed by atoms with E-state index in [0.717, 1.165) is 27.5 Å². The number of methoxy groups -OCH3 is 1. The molecule has 0 spiro atoms. The monoisotopic (exact) mass is 340 g/mol. The van der Waals surface area contributed by atoms with Crippen LogP contribution >= 0.6 is 11.3 Å². The summed E-state index contributed by atoms with van der Waals surface area (Å²) < 4.78 is 7.27. The van der Waals surface area contributed by atoms with Crippen molar-refractivity contribution >= 4 is 17.0 Å². The molecule has 0 fully saturated rings. The van der Waals surface area contributed by atoms with Gasteiger partial charge in [0.25, 0.3) is 0 Å². The predicted octanol–water partition coefficient (Wildman–Crippen LogP) is 3.76. The molecule has 0 aliphatic heterocycles. The Hall–Kier alpha value is -2.37. The van der Waals surface area contributed by atoms with Gasteiger partial charge in [-0.1, -0.05) is 12.1 Å². The summed E-state index contributed by atoms with van der Waals surface area (Å²) in [5, 5.41) is 11.5. The maximum absolute atomic E-state index is 9.45. The van der Waals surface area contributed by atoms with Crippen molar-refractivity contribution in [2.45, 2.75) is 13.5 Å². The van der Waals surface area contributed by atoms with Crippen LogP contribution in [-0.4, -0.2) is 23.4 Å². The van der Waals surface area contributed by atoms with E-state index in [1.165, 1.54) is 5.56 Å². The minimum Gasteiger partial charge on any atom is -0.497 e. The van der Waals surface area contributed by atoms with Gasteiger partial charge in [0.2, 0.25) is 0 Å². The average molecular weight is 340 g/mol. The largest absolute Gasteiger partial charge is 0.497 e. The molecule has 0 saturated carbocycles. The minimum absolute atomic E-state index is 0.0703. The molecule has 0 amide bonds. The van der Waals surface area contributed by atoms with Crippen LogP contribution in [0.5, 0.6) is 5.75 Å². The van der Waals surface area contributed by atoms with E-state index < -0.39 is 0 Å². The van der Waals surface area contributed by atoms with Gasteiger partial charge in [-0.15, -0.1) is 11.3 Å². The topological polar surface area (TPSA) is 46.8 Å². The van der Waals surface area contributed by atoms with Gasteiger partial charge in [0.15, 0.2) is 4.80 Å². The summed E-state index contributed by atoms with van der Waals surface area (Å²) in [5.41, 5.74) is 4.22. The van der Waals surface area contributed by atoms with Crippen LogP contribution in [0.1, 0.15) is 5.56 Å². The van der Waals surface area contributed by atoms with Crippen LogP contribution in [0.4, 0.5) is 5.69 Å². The van der Waals surface area contributed by atoms with Crippen LogP contribution in [0, 0.1) is 6.92 Å². The molecule has 3 aromatic rings. The first-order valence-corrected chi connectivity index (χ1v) is 8.64. The molecule has 0 aliphatic rings. The summed E-state index contributed by atoms with van der Waals surface area (Å²) in [4.78, 5) is 5.62. The molecule has 1 heterocycles. The normalized spacial score (nSPS) is 11.7. The summed E-state index contributed by atoms with van der Waals surface area (Å²) in [6, 6.07) is 16.0. The molecule has 0 atom stereocenters. The minimum atomic E-state index is 0.0703. The second kappa shape index (κ2) is 7.47. The van der Waals surface area contributed by atoms with Crippen molar-refractivity contribution in [3.8, 4) is 17.0 Å². The lowest BCUT2D eigenvalue weighted by molar-refractivity contribution is 0.275. The Kier molecular flexibility index (Phi) is 5.13. The zero-order valence-electron chi connectivity index (χ0n) is 13.8. The van der Waals surface area contributed by atoms with Crippen molar-refractivity contribution in [2.24, 2.45) is 4.99 Å². The van der Waals surface area contributed by atoms with Crippen molar-refractivity contribution in [3.05, 3.63) is 64.3 Å². The van der Waals surface area contributed by atoms with Gasteiger partial charge in [-0.2, -0.15) is 0 Å². The molecular formula is C19H20N2O2S. The zero-order valence-corrected chi connectivity index (χ0v) is 14.6. The van der Waals surface area contributed by atoms with Crippen LogP contribution in [0.15, 0.2) is 58.9 Å². The fraction of sp³-hybridized carbons (Fsp3) is 0.211. The van der Waals surface area contributed by atoms with E-state index in [9.17, 15) is 5.11 Å². The van der Waals surface area contributed by atoms with Crippen LogP contribution in [0.3, 0.4) is 0 Å². The summed E-state index contributed by atoms with van der Waals surface area (Å²) >= 11 is 1.58. The first-order valence-electron chi connectivity index (χ1n) is 7.76. The Morgan fingerprint density at radius 3 is 2.62 bits per heavy atom. The Labute approximate surface area is 145 Å². The van der Waals surface area contributed by atoms with Crippen molar-refractivity contribution < 1.29 is 9.84 Å². The van der Waals surface area contributed by atoms with E-state index >= 15 is 0 Å². The van der Waals surface area contributed by atoms with E-state index in [0.29, 0.717) is 6.54 Å². The number of aliphatic hydroxyl groups excluding tert-OH is 1. The molecule has 3 rings (SSSR count). The number of nitrogens with zero attached hydrogens (tertiary/aromatic N) is 2. The maximum Gasteiger partial charge on any atom is 0.190 e. The highest BCUT2D eigenvalue weighted by Crippen LogP contribution is 2.23. The van der Waals surface area contributed by atoms with Crippen LogP contribution < -0.4 is 9.54 Å². The predicted molar refractivity (Wildman–Crippen MR) is 97.8 cm³/mol. The highest BCUT2D eigenvalue weighted by Gasteiger charge is 2.08. The maximum atomic E-state index is 9.45. The Bertz CT molecular complexity index is 879. The van der Waals surface area contributed by atoms with Crippen LogP contribution in [-0.2, 0) is 6.54 Å². The number of aliphatic hydroxyl groups is 1. The molecule has 124 valence electrons. The molecule has 24 heavy (non-hydrogen) atoms. The fourth-order valence-corrected chi connectivity index (χ4v) is 3.49. The third kappa shape index (κ3) is 3.58. The summed E-state index contributed by atoms with van der Waals surface area (Å²) in [7, 11) is 1.66. The number of aryl methyl sites for hydroxylation is 1. The van der Waals surface area contributed by atoms with E-state index in [2.05, 4.69) is 29.0 Å². The SMILES string of the molecule is COc1ccc(-c2csc(=Nc3cccc(C)c3)n2CCO)cc1. The van der Waals surface area contributed by atoms with Gasteiger partial charge in [-0.05, 0) is 54.4 Å². The number of rotatable bonds is 5. The fourth-order valence-electron chi connectivity index (χ4n) is 2.54. The molecule has 0 radical (unpaired) electrons. The Morgan fingerprint density at radius 2 is 1.96 bits per heavy atom. The molecule has 0 bridgehead atoms. The lowest BCUT2D eigenvalue weighted by Crippen LogP contribution is -2.17. The number of hydrogen-bond acceptors (Lipinski definition) is 4. The third-order valence-electron chi connectivity index (χ3n) is 3.73. The molecule has 0 unspecified atom stereocenters. The average Bonchev–Trinajstić information content (AvgIpc) is 2.98. The first-order chi connectivity index (χ1) is 11.7. The summed E-state index contributed by atoms with van der Waals surface area (Å²) in [6.07, 6.45) is 0. The van der Waals surface area contributed by atoms with Gasteiger partial charge in [0, 0.05) is 11.9 Å². The van der Waals surface area contributed by atoms with E-state index in [-0.39, 0.29) is 6.61 Å². The van der Waals surface area contributed by atoms with Crippen LogP contribution in [0.25, 0.3) is 11.3 Å². The van der Waals surface area contributed by atoms with E-state index in [1.807, 2.05) is 36.4 Å². The van der Waals surface area contributed by atoms with Gasteiger partial charge >= 0.3 is 0 Å². The van der Waals surface area contributed by atoms with Gasteiger partial charge in [0.05, 0.1) is 25.1 Å². The first kappa shape index (κ1) is 16.5. The second-order valence-corrected chi connectivity index (χ2v) is 6.29. The van der Waals surface area contributed by atoms with E-state index in [1.54, 1.807) is 18.4 Å². The lowest BCUT2D eigenvalue weighted by atomic mass is 10.1. The molecule has 5 heteroatoms. The number of aromatic nitrogens is 1. The van der Waals surface area contributed by atoms with Crippen molar-refractivity contribution in [2.75, 3.05) is 13.7 Å². The Morgan fingerprint density at radius 1 is 1.17 bits per heavy atom. The summed E-state index contributed by atoms with van der Waals surface area (Å²) in [6.45, 7) is 2.63. The molecule has 4 nitrogen and oxygen atoms in total. The highest BCUT2D eigenvalue weighted by atomic mass is 32.1. The number of thiazole rings is 1. The molecule has 2 aromatic carbocycles. The highest BCUT2D eigenvalue weighted by molar-refractivity contribution is 7.07. The third-order valence-corrected chi connectivity index (χ3v) is 4.60. The lowest BCUT2D eigenvalue weighted by Gasteiger charge is -2.08. The van der Waals surface area contributed by atoms with Gasteiger partial charge in [-0.3, -0.25) is 0 Å². The molecule has 1 N–H and O–H groups in total. The van der Waals surface area contributed by atoms with Crippen molar-refractivity contribution in [3.63, 3.8) is 0 Å². The van der Waals surface area contributed by atoms with Crippen LogP contribution in [0.2, 0.25) is 0 Å². The molecule has 0 aliphatic carbocycles. The standard InChI is InChI=1S/C19H20N2O2S/c1-14-4-3-5-16(12-14)20-19-21(10-11-22)18(13-24-19)15-6-8-17(23-2)9-7-15/h3-9,12-13,22H,10-11H2,1-2H3. The molecular weight excluding hydrogens is 320 g/mol. The van der Waals surface area contributed by atoms with Crippen molar-refractivity contribution in [1.29, 1.82) is 0 Å². The summed E-state index contributed by atoms with van der Waals surface area (Å²) in [5.74, 6) is 0.826. The second-order valence-electron chi connectivity index (χ2n) is 5.46. The Balaban J connectivity index is 2.07. The van der Waals surface area contributed by atoms with E-state index in [4.69, 9.17) is 9.73 Å². The van der Waals surface area contributed by atoms with Gasteiger partial charge in [0.1, 0.15) is 5.75 Å². The smallest absolute Gasteiger partial charge is 0.190 e. The quantitative estimate of drug-likeness (QED) is 0.769. The van der Waals surface area contributed by atoms with Gasteiger partial charge in [-0.25, -0.2) is 4.99 Å². The molecule has 0 saturated heterocycles. The molecule has 1 aromatic heterocycles. The number of hydrogen-bond donors (Lipinski definition) is 1. The number of ether oxygens (including phenoxy) is 1. The number of benzene rings is 2.